The van der Waals surface area contributed by atoms with E-state index in [0.29, 0.717) is 6.04 Å². The molecule has 0 unspecified atom stereocenters. The van der Waals surface area contributed by atoms with E-state index in [1.165, 1.54) is 24.8 Å². The smallest absolute Gasteiger partial charge is 0.218 e. The lowest BCUT2D eigenvalue weighted by atomic mass is 9.93. The number of para-hydroxylation sites is 2. The van der Waals surface area contributed by atoms with E-state index in [1.54, 1.807) is 0 Å². The fourth-order valence-corrected chi connectivity index (χ4v) is 2.16. The molecule has 3 N–H and O–H groups in total. The molecule has 0 bridgehead atoms. The standard InChI is InChI=1S/C11H14N4/c12-14-11-13-9-6-1-2-7-10(9)15(11)8-4-3-5-8/h1-2,6-8H,3-5,12H2,(H,13,14). The number of benzene rings is 1. The number of nitrogens with one attached hydrogen (secondary N) is 1. The Hall–Kier alpha value is -1.55. The lowest BCUT2D eigenvalue weighted by Crippen LogP contribution is -2.21. The summed E-state index contributed by atoms with van der Waals surface area (Å²) in [5.74, 6) is 6.28. The zero-order valence-corrected chi connectivity index (χ0v) is 8.48. The van der Waals surface area contributed by atoms with Crippen molar-refractivity contribution >= 4 is 17.0 Å². The molecule has 1 aromatic heterocycles. The summed E-state index contributed by atoms with van der Waals surface area (Å²) in [5.41, 5.74) is 4.87. The van der Waals surface area contributed by atoms with Crippen molar-refractivity contribution in [3.63, 3.8) is 0 Å². The maximum absolute atomic E-state index is 5.50. The number of hydrogen-bond acceptors (Lipinski definition) is 3. The van der Waals surface area contributed by atoms with E-state index >= 15 is 0 Å². The largest absolute Gasteiger partial charge is 0.306 e. The third-order valence-electron chi connectivity index (χ3n) is 3.16. The number of nitrogens with zero attached hydrogens (tertiary/aromatic N) is 2. The molecule has 1 aliphatic carbocycles. The van der Waals surface area contributed by atoms with Crippen molar-refractivity contribution < 1.29 is 0 Å². The van der Waals surface area contributed by atoms with Gasteiger partial charge in [-0.05, 0) is 31.4 Å². The fraction of sp³-hybridized carbons (Fsp3) is 0.364. The number of fused-ring (bicyclic) bond motifs is 1. The van der Waals surface area contributed by atoms with Crippen LogP contribution >= 0.6 is 0 Å². The van der Waals surface area contributed by atoms with Gasteiger partial charge in [-0.2, -0.15) is 0 Å². The first-order chi connectivity index (χ1) is 7.40. The van der Waals surface area contributed by atoms with Crippen molar-refractivity contribution in [2.75, 3.05) is 5.43 Å². The number of nitrogens with two attached hydrogens (primary N) is 1. The van der Waals surface area contributed by atoms with Gasteiger partial charge in [0.25, 0.3) is 0 Å². The summed E-state index contributed by atoms with van der Waals surface area (Å²) >= 11 is 0. The Bertz CT molecular complexity index is 484. The van der Waals surface area contributed by atoms with Crippen molar-refractivity contribution in [2.45, 2.75) is 25.3 Å². The van der Waals surface area contributed by atoms with Gasteiger partial charge in [0, 0.05) is 6.04 Å². The third kappa shape index (κ3) is 1.22. The number of hydrogen-bond donors (Lipinski definition) is 2. The molecule has 1 aliphatic rings. The van der Waals surface area contributed by atoms with Gasteiger partial charge in [0.2, 0.25) is 5.95 Å². The van der Waals surface area contributed by atoms with Gasteiger partial charge in [-0.15, -0.1) is 0 Å². The predicted molar refractivity (Wildman–Crippen MR) is 60.4 cm³/mol. The molecule has 0 radical (unpaired) electrons. The van der Waals surface area contributed by atoms with Gasteiger partial charge in [0.1, 0.15) is 0 Å². The van der Waals surface area contributed by atoms with Crippen LogP contribution in [-0.2, 0) is 0 Å². The molecule has 4 nitrogen and oxygen atoms in total. The van der Waals surface area contributed by atoms with Crippen molar-refractivity contribution in [1.82, 2.24) is 9.55 Å². The first-order valence-electron chi connectivity index (χ1n) is 5.34. The highest BCUT2D eigenvalue weighted by Gasteiger charge is 2.23. The monoisotopic (exact) mass is 202 g/mol. The fourth-order valence-electron chi connectivity index (χ4n) is 2.16. The van der Waals surface area contributed by atoms with Crippen LogP contribution in [0.25, 0.3) is 11.0 Å². The molecule has 0 saturated heterocycles. The van der Waals surface area contributed by atoms with Crippen molar-refractivity contribution in [3.05, 3.63) is 24.3 Å². The molecule has 1 saturated carbocycles. The highest BCUT2D eigenvalue weighted by atomic mass is 15.3. The molecule has 1 aromatic carbocycles. The van der Waals surface area contributed by atoms with Crippen LogP contribution in [-0.4, -0.2) is 9.55 Å². The summed E-state index contributed by atoms with van der Waals surface area (Å²) in [6.07, 6.45) is 3.77. The van der Waals surface area contributed by atoms with E-state index in [-0.39, 0.29) is 0 Å². The molecule has 1 fully saturated rings. The highest BCUT2D eigenvalue weighted by molar-refractivity contribution is 5.78. The zero-order valence-electron chi connectivity index (χ0n) is 8.48. The predicted octanol–water partition coefficient (Wildman–Crippen LogP) is 2.05. The molecule has 3 rings (SSSR count). The average Bonchev–Trinajstić information content (AvgIpc) is 2.55. The van der Waals surface area contributed by atoms with Crippen LogP contribution in [0.1, 0.15) is 25.3 Å². The summed E-state index contributed by atoms with van der Waals surface area (Å²) in [5, 5.41) is 0. The molecule has 0 spiro atoms. The Morgan fingerprint density at radius 3 is 2.80 bits per heavy atom. The van der Waals surface area contributed by atoms with Crippen molar-refractivity contribution in [2.24, 2.45) is 5.84 Å². The van der Waals surface area contributed by atoms with Gasteiger partial charge < -0.3 is 4.57 Å². The number of anilines is 1. The van der Waals surface area contributed by atoms with Crippen LogP contribution in [0.5, 0.6) is 0 Å². The number of hydrazine groups is 1. The molecule has 4 heteroatoms. The molecule has 1 heterocycles. The molecule has 2 aromatic rings. The van der Waals surface area contributed by atoms with Crippen LogP contribution in [0.15, 0.2) is 24.3 Å². The minimum atomic E-state index is 0.573. The van der Waals surface area contributed by atoms with Crippen LogP contribution in [0, 0.1) is 0 Å². The van der Waals surface area contributed by atoms with E-state index < -0.39 is 0 Å². The minimum absolute atomic E-state index is 0.573. The summed E-state index contributed by atoms with van der Waals surface area (Å²) < 4.78 is 2.22. The average molecular weight is 202 g/mol. The second kappa shape index (κ2) is 3.24. The maximum Gasteiger partial charge on any atom is 0.218 e. The molecule has 0 aliphatic heterocycles. The van der Waals surface area contributed by atoms with E-state index in [9.17, 15) is 0 Å². The third-order valence-corrected chi connectivity index (χ3v) is 3.16. The lowest BCUT2D eigenvalue weighted by molar-refractivity contribution is 0.323. The molecular weight excluding hydrogens is 188 g/mol. The Kier molecular flexibility index (Phi) is 1.89. The molecule has 78 valence electrons. The summed E-state index contributed by atoms with van der Waals surface area (Å²) in [4.78, 5) is 4.46. The van der Waals surface area contributed by atoms with E-state index in [2.05, 4.69) is 21.0 Å². The first-order valence-corrected chi connectivity index (χ1v) is 5.34. The molecule has 0 atom stereocenters. The molecule has 0 amide bonds. The Morgan fingerprint density at radius 2 is 2.13 bits per heavy atom. The minimum Gasteiger partial charge on any atom is -0.306 e. The maximum atomic E-state index is 5.50. The Morgan fingerprint density at radius 1 is 1.33 bits per heavy atom. The van der Waals surface area contributed by atoms with E-state index in [4.69, 9.17) is 5.84 Å². The number of nitrogen functional groups attached to an aromatic ring is 1. The van der Waals surface area contributed by atoms with Crippen molar-refractivity contribution in [3.8, 4) is 0 Å². The highest BCUT2D eigenvalue weighted by Crippen LogP contribution is 2.36. The normalized spacial score (nSPS) is 16.6. The van der Waals surface area contributed by atoms with E-state index in [0.717, 1.165) is 11.5 Å². The van der Waals surface area contributed by atoms with Gasteiger partial charge in [-0.1, -0.05) is 12.1 Å². The van der Waals surface area contributed by atoms with Gasteiger partial charge in [-0.25, -0.2) is 10.8 Å². The SMILES string of the molecule is NNc1nc2ccccc2n1C1CCC1. The lowest BCUT2D eigenvalue weighted by Gasteiger charge is -2.28. The summed E-state index contributed by atoms with van der Waals surface area (Å²) in [6.45, 7) is 0. The Labute approximate surface area is 88.1 Å². The van der Waals surface area contributed by atoms with E-state index in [1.807, 2.05) is 18.2 Å². The second-order valence-electron chi connectivity index (χ2n) is 4.02. The van der Waals surface area contributed by atoms with Crippen LogP contribution in [0.2, 0.25) is 0 Å². The summed E-state index contributed by atoms with van der Waals surface area (Å²) in [7, 11) is 0. The van der Waals surface area contributed by atoms with Crippen molar-refractivity contribution in [1.29, 1.82) is 0 Å². The topological polar surface area (TPSA) is 55.9 Å². The summed E-state index contributed by atoms with van der Waals surface area (Å²) in [6, 6.07) is 8.73. The second-order valence-corrected chi connectivity index (χ2v) is 4.02. The van der Waals surface area contributed by atoms with Gasteiger partial charge in [0.15, 0.2) is 0 Å². The Balaban J connectivity index is 2.22. The van der Waals surface area contributed by atoms with Gasteiger partial charge in [0.05, 0.1) is 11.0 Å². The van der Waals surface area contributed by atoms with Gasteiger partial charge >= 0.3 is 0 Å². The molecule has 15 heavy (non-hydrogen) atoms. The van der Waals surface area contributed by atoms with Crippen LogP contribution < -0.4 is 11.3 Å². The van der Waals surface area contributed by atoms with Crippen LogP contribution in [0.3, 0.4) is 0 Å². The van der Waals surface area contributed by atoms with Crippen LogP contribution in [0.4, 0.5) is 5.95 Å². The quantitative estimate of drug-likeness (QED) is 0.579. The molecular formula is C11H14N4. The number of rotatable bonds is 2. The number of aromatic nitrogens is 2. The number of imidazole rings is 1. The van der Waals surface area contributed by atoms with Gasteiger partial charge in [-0.3, -0.25) is 5.43 Å². The zero-order chi connectivity index (χ0) is 10.3. The first kappa shape index (κ1) is 8.73.